The highest BCUT2D eigenvalue weighted by Crippen LogP contribution is 2.43. The second kappa shape index (κ2) is 7.72. The number of sulfonamides is 1. The van der Waals surface area contributed by atoms with Crippen molar-refractivity contribution in [3.8, 4) is 11.1 Å². The van der Waals surface area contributed by atoms with Gasteiger partial charge in [-0.15, -0.1) is 0 Å². The Morgan fingerprint density at radius 1 is 0.900 bits per heavy atom. The maximum atomic E-state index is 12.9. The van der Waals surface area contributed by atoms with E-state index in [1.807, 2.05) is 12.1 Å². The van der Waals surface area contributed by atoms with Crippen molar-refractivity contribution in [1.82, 2.24) is 4.72 Å². The standard InChI is InChI=1S/C22H17ClF3NO2S/c23-18-8-4-14(5-9-18)15-6-10-19(11-7-15)30(28,29)27-21-13-20(21)16-2-1-3-17(12-16)22(24,25)26/h1-12,20-21,27H,13H2/t20-,21+/m0/s1. The fourth-order valence-electron chi connectivity index (χ4n) is 3.38. The first-order chi connectivity index (χ1) is 14.1. The van der Waals surface area contributed by atoms with Crippen LogP contribution in [0.3, 0.4) is 0 Å². The maximum Gasteiger partial charge on any atom is 0.416 e. The van der Waals surface area contributed by atoms with E-state index in [2.05, 4.69) is 4.72 Å². The molecular formula is C22H17ClF3NO2S. The smallest absolute Gasteiger partial charge is 0.207 e. The zero-order valence-corrected chi connectivity index (χ0v) is 17.1. The molecule has 4 rings (SSSR count). The summed E-state index contributed by atoms with van der Waals surface area (Å²) in [5, 5.41) is 0.613. The molecule has 3 aromatic rings. The Kier molecular flexibility index (Phi) is 5.38. The van der Waals surface area contributed by atoms with Gasteiger partial charge in [0.25, 0.3) is 0 Å². The molecule has 0 spiro atoms. The Bertz CT molecular complexity index is 1160. The second-order valence-electron chi connectivity index (χ2n) is 7.22. The van der Waals surface area contributed by atoms with E-state index in [1.54, 1.807) is 30.3 Å². The molecular weight excluding hydrogens is 435 g/mol. The van der Waals surface area contributed by atoms with E-state index in [0.29, 0.717) is 17.0 Å². The number of halogens is 4. The van der Waals surface area contributed by atoms with Gasteiger partial charge in [0.05, 0.1) is 10.5 Å². The predicted octanol–water partition coefficient (Wildman–Crippen LogP) is 5.86. The van der Waals surface area contributed by atoms with Gasteiger partial charge < -0.3 is 0 Å². The number of hydrogen-bond donors (Lipinski definition) is 1. The summed E-state index contributed by atoms with van der Waals surface area (Å²) >= 11 is 5.88. The molecule has 0 unspecified atom stereocenters. The molecule has 0 aliphatic heterocycles. The Balaban J connectivity index is 1.46. The average Bonchev–Trinajstić information content (AvgIpc) is 3.46. The second-order valence-corrected chi connectivity index (χ2v) is 9.37. The topological polar surface area (TPSA) is 46.2 Å². The molecule has 0 bridgehead atoms. The van der Waals surface area contributed by atoms with E-state index < -0.39 is 27.8 Å². The lowest BCUT2D eigenvalue weighted by molar-refractivity contribution is -0.137. The molecule has 2 atom stereocenters. The van der Waals surface area contributed by atoms with Crippen molar-refractivity contribution < 1.29 is 21.6 Å². The minimum atomic E-state index is -4.42. The van der Waals surface area contributed by atoms with Crippen molar-refractivity contribution in [3.05, 3.63) is 88.9 Å². The SMILES string of the molecule is O=S(=O)(N[C@@H]1C[C@H]1c1cccc(C(F)(F)F)c1)c1ccc(-c2ccc(Cl)cc2)cc1. The molecule has 30 heavy (non-hydrogen) atoms. The Morgan fingerprint density at radius 3 is 2.10 bits per heavy atom. The molecule has 156 valence electrons. The normalized spacial score (nSPS) is 18.9. The zero-order chi connectivity index (χ0) is 21.5. The van der Waals surface area contributed by atoms with Gasteiger partial charge in [-0.2, -0.15) is 13.2 Å². The summed E-state index contributed by atoms with van der Waals surface area (Å²) in [5.74, 6) is -0.268. The van der Waals surface area contributed by atoms with Crippen LogP contribution >= 0.6 is 11.6 Å². The van der Waals surface area contributed by atoms with Crippen LogP contribution in [0.5, 0.6) is 0 Å². The summed E-state index contributed by atoms with van der Waals surface area (Å²) < 4.78 is 66.6. The van der Waals surface area contributed by atoms with Crippen LogP contribution in [-0.2, 0) is 16.2 Å². The summed E-state index contributed by atoms with van der Waals surface area (Å²) in [6, 6.07) is 18.2. The van der Waals surface area contributed by atoms with Crippen molar-refractivity contribution >= 4 is 21.6 Å². The number of alkyl halides is 3. The van der Waals surface area contributed by atoms with Gasteiger partial charge in [-0.1, -0.05) is 54.1 Å². The van der Waals surface area contributed by atoms with Gasteiger partial charge >= 0.3 is 6.18 Å². The highest BCUT2D eigenvalue weighted by Gasteiger charge is 2.42. The summed E-state index contributed by atoms with van der Waals surface area (Å²) in [4.78, 5) is 0.106. The minimum Gasteiger partial charge on any atom is -0.207 e. The van der Waals surface area contributed by atoms with Gasteiger partial charge in [0.1, 0.15) is 0 Å². The molecule has 1 N–H and O–H groups in total. The Labute approximate surface area is 177 Å². The van der Waals surface area contributed by atoms with Crippen LogP contribution in [0.15, 0.2) is 77.7 Å². The van der Waals surface area contributed by atoms with E-state index in [4.69, 9.17) is 11.6 Å². The van der Waals surface area contributed by atoms with Crippen LogP contribution in [0.2, 0.25) is 5.02 Å². The van der Waals surface area contributed by atoms with Crippen LogP contribution in [-0.4, -0.2) is 14.5 Å². The lowest BCUT2D eigenvalue weighted by atomic mass is 10.1. The van der Waals surface area contributed by atoms with E-state index in [-0.39, 0.29) is 10.8 Å². The summed E-state index contributed by atoms with van der Waals surface area (Å²) in [6.45, 7) is 0. The van der Waals surface area contributed by atoms with Crippen molar-refractivity contribution in [3.63, 3.8) is 0 Å². The van der Waals surface area contributed by atoms with Crippen molar-refractivity contribution in [2.24, 2.45) is 0 Å². The monoisotopic (exact) mass is 451 g/mol. The van der Waals surface area contributed by atoms with Gasteiger partial charge in [0.2, 0.25) is 10.0 Å². The maximum absolute atomic E-state index is 12.9. The fourth-order valence-corrected chi connectivity index (χ4v) is 4.79. The van der Waals surface area contributed by atoms with E-state index in [0.717, 1.165) is 23.3 Å². The van der Waals surface area contributed by atoms with Crippen molar-refractivity contribution in [2.75, 3.05) is 0 Å². The molecule has 0 heterocycles. The van der Waals surface area contributed by atoms with Gasteiger partial charge in [-0.3, -0.25) is 0 Å². The first-order valence-electron chi connectivity index (χ1n) is 9.19. The Hall–Kier alpha value is -2.35. The number of benzene rings is 3. The molecule has 0 amide bonds. The lowest BCUT2D eigenvalue weighted by Gasteiger charge is -2.10. The van der Waals surface area contributed by atoms with Gasteiger partial charge in [0, 0.05) is 17.0 Å². The number of hydrogen-bond acceptors (Lipinski definition) is 2. The van der Waals surface area contributed by atoms with Crippen LogP contribution in [0.4, 0.5) is 13.2 Å². The van der Waals surface area contributed by atoms with Crippen molar-refractivity contribution in [2.45, 2.75) is 29.5 Å². The molecule has 1 aliphatic carbocycles. The first-order valence-corrected chi connectivity index (χ1v) is 11.0. The molecule has 0 aromatic heterocycles. The molecule has 8 heteroatoms. The minimum absolute atomic E-state index is 0.106. The molecule has 3 aromatic carbocycles. The predicted molar refractivity (Wildman–Crippen MR) is 110 cm³/mol. The highest BCUT2D eigenvalue weighted by molar-refractivity contribution is 7.89. The van der Waals surface area contributed by atoms with Crippen LogP contribution < -0.4 is 4.72 Å². The average molecular weight is 452 g/mol. The van der Waals surface area contributed by atoms with Gasteiger partial charge in [0.15, 0.2) is 0 Å². The molecule has 0 saturated heterocycles. The first kappa shape index (κ1) is 20.9. The van der Waals surface area contributed by atoms with E-state index >= 15 is 0 Å². The molecule has 3 nitrogen and oxygen atoms in total. The largest absolute Gasteiger partial charge is 0.416 e. The summed E-state index contributed by atoms with van der Waals surface area (Å²) in [7, 11) is -3.78. The lowest BCUT2D eigenvalue weighted by Crippen LogP contribution is -2.26. The molecule has 1 fully saturated rings. The molecule has 1 saturated carbocycles. The van der Waals surface area contributed by atoms with E-state index in [9.17, 15) is 21.6 Å². The van der Waals surface area contributed by atoms with E-state index in [1.165, 1.54) is 18.2 Å². The highest BCUT2D eigenvalue weighted by atomic mass is 35.5. The number of nitrogens with one attached hydrogen (secondary N) is 1. The summed E-state index contributed by atoms with van der Waals surface area (Å²) in [6.07, 6.45) is -3.96. The van der Waals surface area contributed by atoms with Crippen LogP contribution in [0.25, 0.3) is 11.1 Å². The van der Waals surface area contributed by atoms with Gasteiger partial charge in [-0.25, -0.2) is 13.1 Å². The van der Waals surface area contributed by atoms with Crippen LogP contribution in [0, 0.1) is 0 Å². The molecule has 0 radical (unpaired) electrons. The number of rotatable bonds is 5. The zero-order valence-electron chi connectivity index (χ0n) is 15.5. The van der Waals surface area contributed by atoms with Crippen LogP contribution in [0.1, 0.15) is 23.5 Å². The third-order valence-corrected chi connectivity index (χ3v) is 6.84. The Morgan fingerprint density at radius 2 is 1.50 bits per heavy atom. The quantitative estimate of drug-likeness (QED) is 0.528. The summed E-state index contributed by atoms with van der Waals surface area (Å²) in [5.41, 5.74) is 1.50. The third kappa shape index (κ3) is 4.53. The molecule has 1 aliphatic rings. The third-order valence-electron chi connectivity index (χ3n) is 5.08. The fraction of sp³-hybridized carbons (Fsp3) is 0.182. The van der Waals surface area contributed by atoms with Crippen molar-refractivity contribution in [1.29, 1.82) is 0 Å². The van der Waals surface area contributed by atoms with Gasteiger partial charge in [-0.05, 0) is 53.4 Å².